The molecule has 0 radical (unpaired) electrons. The lowest BCUT2D eigenvalue weighted by Gasteiger charge is -2.56. The van der Waals surface area contributed by atoms with E-state index in [1.807, 2.05) is 12.3 Å². The number of ether oxygens (including phenoxy) is 3. The van der Waals surface area contributed by atoms with E-state index in [9.17, 15) is 19.8 Å². The number of nitrogens with two attached hydrogens (primary N) is 1. The van der Waals surface area contributed by atoms with Crippen LogP contribution in [0.25, 0.3) is 11.1 Å². The molecule has 0 unspecified atom stereocenters. The number of carbonyl (C=O) groups is 2. The Bertz CT molecular complexity index is 1690. The third kappa shape index (κ3) is 8.85. The zero-order valence-electron chi connectivity index (χ0n) is 31.9. The lowest BCUT2D eigenvalue weighted by molar-refractivity contribution is -0.158. The minimum Gasteiger partial charge on any atom is -0.667 e. The van der Waals surface area contributed by atoms with Gasteiger partial charge < -0.3 is 35.1 Å². The largest absolute Gasteiger partial charge is 0.667 e. The first-order valence-corrected chi connectivity index (χ1v) is 19.6. The van der Waals surface area contributed by atoms with Gasteiger partial charge in [-0.2, -0.15) is 11.9 Å². The zero-order chi connectivity index (χ0) is 37.8. The van der Waals surface area contributed by atoms with Gasteiger partial charge in [0.2, 0.25) is 0 Å². The van der Waals surface area contributed by atoms with Gasteiger partial charge in [0.05, 0.1) is 7.11 Å². The Morgan fingerprint density at radius 2 is 1.79 bits per heavy atom. The standard InChI is InChI=1S/C43H58N3O7/c1-24(2)35-21-38-34(39-7-6-13-45-39)11-10-33-31(23-47)16-30(15-29(35)17-37(33)38)41(53-26(4)49)20-32(52-25(3)48)9-8-27-18-42(51-5)40(50)22-36(27)28-12-14-46-43(44)19-28/h6-7,12-14,18-19,22,24,29-35,37-38,41,47,50H,8-11,15-17,20-21,23H2,1-5H3,(H2,44,46)/q-1/t29-,30+,31-,32-,33+,34-,35+,37-,38+,41-/m1/s1. The summed E-state index contributed by atoms with van der Waals surface area (Å²) >= 11 is 0. The average Bonchev–Trinajstić information content (AvgIpc) is 3.65. The van der Waals surface area contributed by atoms with Crippen molar-refractivity contribution in [3.8, 4) is 22.6 Å². The van der Waals surface area contributed by atoms with Gasteiger partial charge in [0.15, 0.2) is 11.5 Å². The fourth-order valence-corrected chi connectivity index (χ4v) is 10.7. The second-order valence-corrected chi connectivity index (χ2v) is 16.4. The van der Waals surface area contributed by atoms with Crippen LogP contribution in [0, 0.1) is 47.3 Å². The van der Waals surface area contributed by atoms with Crippen molar-refractivity contribution in [2.45, 2.75) is 104 Å². The van der Waals surface area contributed by atoms with Crippen LogP contribution in [0.4, 0.5) is 5.82 Å². The van der Waals surface area contributed by atoms with Gasteiger partial charge in [-0.1, -0.05) is 26.0 Å². The second kappa shape index (κ2) is 17.0. The molecule has 2 heterocycles. The van der Waals surface area contributed by atoms with Crippen LogP contribution in [0.1, 0.15) is 96.2 Å². The maximum atomic E-state index is 12.8. The normalized spacial score (nSPS) is 28.0. The Morgan fingerprint density at radius 1 is 1.00 bits per heavy atom. The topological polar surface area (TPSA) is 155 Å². The Labute approximate surface area is 314 Å². The number of anilines is 1. The van der Waals surface area contributed by atoms with Gasteiger partial charge in [0.25, 0.3) is 0 Å². The van der Waals surface area contributed by atoms with Crippen molar-refractivity contribution in [1.82, 2.24) is 9.97 Å². The van der Waals surface area contributed by atoms with E-state index in [4.69, 9.17) is 24.9 Å². The molecule has 0 amide bonds. The molecule has 6 rings (SSSR count). The molecule has 0 spiro atoms. The first-order valence-electron chi connectivity index (χ1n) is 19.6. The highest BCUT2D eigenvalue weighted by Crippen LogP contribution is 2.59. The number of aryl methyl sites for hydroxylation is 1. The van der Waals surface area contributed by atoms with Crippen molar-refractivity contribution < 1.29 is 34.0 Å². The molecule has 2 bridgehead atoms. The third-order valence-corrected chi connectivity index (χ3v) is 12.9. The van der Waals surface area contributed by atoms with Crippen LogP contribution < -0.4 is 15.5 Å². The summed E-state index contributed by atoms with van der Waals surface area (Å²) in [6, 6.07) is 11.3. The molecular weight excluding hydrogens is 670 g/mol. The monoisotopic (exact) mass is 728 g/mol. The highest BCUT2D eigenvalue weighted by atomic mass is 16.6. The quantitative estimate of drug-likeness (QED) is 0.153. The summed E-state index contributed by atoms with van der Waals surface area (Å²) in [6.07, 6.45) is 9.91. The highest BCUT2D eigenvalue weighted by Gasteiger charge is 2.51. The molecule has 3 aliphatic rings. The molecule has 53 heavy (non-hydrogen) atoms. The first kappa shape index (κ1) is 38.7. The molecule has 2 aromatic heterocycles. The number of fused-ring (bicyclic) bond motifs is 1. The molecule has 4 N–H and O–H groups in total. The number of aromatic hydroxyl groups is 1. The number of esters is 2. The van der Waals surface area contributed by atoms with Crippen LogP contribution in [-0.2, 0) is 25.5 Å². The smallest absolute Gasteiger partial charge is 0.302 e. The number of hydrogen-bond donors (Lipinski definition) is 3. The molecule has 3 aromatic rings. The van der Waals surface area contributed by atoms with E-state index in [0.717, 1.165) is 55.2 Å². The lowest BCUT2D eigenvalue weighted by Crippen LogP contribution is -2.49. The molecule has 1 aromatic carbocycles. The lowest BCUT2D eigenvalue weighted by atomic mass is 9.50. The molecule has 288 valence electrons. The van der Waals surface area contributed by atoms with Crippen molar-refractivity contribution in [3.05, 3.63) is 60.0 Å². The van der Waals surface area contributed by atoms with Gasteiger partial charge in [0, 0.05) is 33.1 Å². The number of benzene rings is 1. The molecule has 0 saturated heterocycles. The van der Waals surface area contributed by atoms with E-state index in [0.29, 0.717) is 72.3 Å². The molecule has 3 aliphatic carbocycles. The van der Waals surface area contributed by atoms with Crippen molar-refractivity contribution in [1.29, 1.82) is 0 Å². The number of aliphatic hydroxyl groups excluding tert-OH is 1. The van der Waals surface area contributed by atoms with Crippen LogP contribution in [-0.4, -0.2) is 53.1 Å². The number of phenolic OH excluding ortho intramolecular Hbond substituents is 1. The Kier molecular flexibility index (Phi) is 12.4. The Hall–Kier alpha value is -4.05. The van der Waals surface area contributed by atoms with Gasteiger partial charge in [-0.3, -0.25) is 9.59 Å². The number of aromatic nitrogens is 2. The zero-order valence-corrected chi connectivity index (χ0v) is 31.9. The van der Waals surface area contributed by atoms with Crippen molar-refractivity contribution >= 4 is 17.8 Å². The molecule has 3 fully saturated rings. The summed E-state index contributed by atoms with van der Waals surface area (Å²) in [5.41, 5.74) is 9.69. The van der Waals surface area contributed by atoms with Crippen LogP contribution >= 0.6 is 0 Å². The van der Waals surface area contributed by atoms with Gasteiger partial charge in [-0.05, 0) is 146 Å². The summed E-state index contributed by atoms with van der Waals surface area (Å²) < 4.78 is 17.7. The molecule has 3 saturated carbocycles. The minimum atomic E-state index is -0.540. The van der Waals surface area contributed by atoms with Crippen LogP contribution in [0.15, 0.2) is 48.8 Å². The van der Waals surface area contributed by atoms with Gasteiger partial charge in [-0.15, -0.1) is 0 Å². The number of rotatable bonds is 13. The fraction of sp³-hybridized carbons (Fsp3) is 0.605. The number of nitrogens with zero attached hydrogens (tertiary/aromatic N) is 2. The van der Waals surface area contributed by atoms with Crippen molar-refractivity contribution in [3.63, 3.8) is 0 Å². The SMILES string of the molecule is COc1cc(CC[C@H](C[C@@H](OC(C)=O)[C@@H]2C[C@H](CO)[C@@H]3CC[C@@H](c4ccc[n-]4)[C@@H]4C[C@@H](C(C)C)[C@H](C2)C[C@@H]43)OC(C)=O)c(-c2ccnc(N)c2)cc1O. The minimum absolute atomic E-state index is 0.00269. The van der Waals surface area contributed by atoms with E-state index >= 15 is 0 Å². The molecule has 0 aliphatic heterocycles. The van der Waals surface area contributed by atoms with Crippen LogP contribution in [0.3, 0.4) is 0 Å². The molecule has 10 atom stereocenters. The summed E-state index contributed by atoms with van der Waals surface area (Å²) in [5, 5.41) is 21.7. The number of hydrogen-bond acceptors (Lipinski definition) is 9. The van der Waals surface area contributed by atoms with Crippen LogP contribution in [0.5, 0.6) is 11.5 Å². The highest BCUT2D eigenvalue weighted by molar-refractivity contribution is 5.72. The summed E-state index contributed by atoms with van der Waals surface area (Å²) in [5.74, 6) is 3.54. The second-order valence-electron chi connectivity index (χ2n) is 16.4. The molecule has 10 heteroatoms. The van der Waals surface area contributed by atoms with E-state index < -0.39 is 18.2 Å². The number of pyridine rings is 1. The van der Waals surface area contributed by atoms with E-state index in [-0.39, 0.29) is 30.2 Å². The predicted molar refractivity (Wildman–Crippen MR) is 203 cm³/mol. The maximum Gasteiger partial charge on any atom is 0.302 e. The number of methoxy groups -OCH3 is 1. The molecule has 10 nitrogen and oxygen atoms in total. The number of carbonyl (C=O) groups excluding carboxylic acids is 2. The number of phenols is 1. The summed E-state index contributed by atoms with van der Waals surface area (Å²) in [7, 11) is 1.51. The third-order valence-electron chi connectivity index (χ3n) is 12.9. The van der Waals surface area contributed by atoms with E-state index in [1.54, 1.807) is 24.4 Å². The first-order chi connectivity index (χ1) is 25.4. The average molecular weight is 729 g/mol. The number of aliphatic hydroxyl groups is 1. The summed E-state index contributed by atoms with van der Waals surface area (Å²) in [6.45, 7) is 7.66. The Morgan fingerprint density at radius 3 is 2.45 bits per heavy atom. The summed E-state index contributed by atoms with van der Waals surface area (Å²) in [4.78, 5) is 34.2. The predicted octanol–water partition coefficient (Wildman–Crippen LogP) is 7.32. The van der Waals surface area contributed by atoms with Gasteiger partial charge in [0.1, 0.15) is 18.0 Å². The van der Waals surface area contributed by atoms with Gasteiger partial charge >= 0.3 is 11.9 Å². The van der Waals surface area contributed by atoms with Crippen molar-refractivity contribution in [2.75, 3.05) is 19.5 Å². The van der Waals surface area contributed by atoms with Crippen molar-refractivity contribution in [2.24, 2.45) is 47.3 Å². The fourth-order valence-electron chi connectivity index (χ4n) is 10.7. The van der Waals surface area contributed by atoms with E-state index in [1.165, 1.54) is 26.7 Å². The van der Waals surface area contributed by atoms with Gasteiger partial charge in [-0.25, -0.2) is 4.98 Å². The maximum absolute atomic E-state index is 12.8. The Balaban J connectivity index is 1.28. The van der Waals surface area contributed by atoms with E-state index in [2.05, 4.69) is 31.0 Å². The molecular formula is C43H58N3O7-. The van der Waals surface area contributed by atoms with Crippen LogP contribution in [0.2, 0.25) is 0 Å². The number of nitrogen functional groups attached to an aromatic ring is 1.